The Labute approximate surface area is 185 Å². The normalized spacial score (nSPS) is 15.5. The summed E-state index contributed by atoms with van der Waals surface area (Å²) in [5.74, 6) is 0.367. The second kappa shape index (κ2) is 8.70. The monoisotopic (exact) mass is 436 g/mol. The summed E-state index contributed by atoms with van der Waals surface area (Å²) in [5, 5.41) is 3.38. The third-order valence-electron chi connectivity index (χ3n) is 5.22. The zero-order valence-electron chi connectivity index (χ0n) is 17.1. The van der Waals surface area contributed by atoms with Crippen molar-refractivity contribution in [3.8, 4) is 11.5 Å². The molecule has 1 aliphatic rings. The minimum Gasteiger partial charge on any atom is -0.493 e. The number of rotatable bonds is 4. The van der Waals surface area contributed by atoms with Crippen LogP contribution in [0.25, 0.3) is 0 Å². The number of benzene rings is 3. The Morgan fingerprint density at radius 3 is 2.45 bits per heavy atom. The number of methoxy groups -OCH3 is 2. The minimum atomic E-state index is -0.479. The van der Waals surface area contributed by atoms with Crippen LogP contribution in [-0.2, 0) is 4.79 Å². The van der Waals surface area contributed by atoms with E-state index in [2.05, 4.69) is 5.32 Å². The van der Waals surface area contributed by atoms with Gasteiger partial charge in [-0.15, -0.1) is 0 Å². The molecule has 1 heterocycles. The van der Waals surface area contributed by atoms with Gasteiger partial charge in [-0.1, -0.05) is 48.0 Å². The van der Waals surface area contributed by atoms with E-state index in [-0.39, 0.29) is 18.4 Å². The number of anilines is 1. The van der Waals surface area contributed by atoms with Gasteiger partial charge in [-0.25, -0.2) is 0 Å². The number of hydrogen-bond acceptors (Lipinski definition) is 4. The van der Waals surface area contributed by atoms with Crippen LogP contribution in [0.4, 0.5) is 5.69 Å². The molecule has 1 aliphatic heterocycles. The topological polar surface area (TPSA) is 67.9 Å². The molecular formula is C24H21ClN2O4. The molecule has 7 heteroatoms. The standard InChI is InChI=1S/C24H21ClN2O4/c1-30-20-11-8-16(12-21(20)31-2)24(29)27-14-22(28)26-19-13-17(25)9-10-18(19)23(27)15-6-4-3-5-7-15/h3-13,23H,14H2,1-2H3,(H,26,28)/t23-/m1/s1. The van der Waals surface area contributed by atoms with Gasteiger partial charge in [-0.2, -0.15) is 0 Å². The van der Waals surface area contributed by atoms with Crippen LogP contribution in [-0.4, -0.2) is 37.5 Å². The summed E-state index contributed by atoms with van der Waals surface area (Å²) in [5.41, 5.74) is 2.66. The van der Waals surface area contributed by atoms with E-state index in [4.69, 9.17) is 21.1 Å². The van der Waals surface area contributed by atoms with Crippen molar-refractivity contribution in [2.75, 3.05) is 26.1 Å². The smallest absolute Gasteiger partial charge is 0.255 e. The van der Waals surface area contributed by atoms with Gasteiger partial charge in [0.15, 0.2) is 11.5 Å². The molecule has 0 fully saturated rings. The van der Waals surface area contributed by atoms with Gasteiger partial charge < -0.3 is 19.7 Å². The Hall–Kier alpha value is -3.51. The molecule has 1 atom stereocenters. The van der Waals surface area contributed by atoms with Gasteiger partial charge in [0.25, 0.3) is 5.91 Å². The zero-order valence-corrected chi connectivity index (χ0v) is 17.8. The maximum atomic E-state index is 13.6. The molecule has 0 saturated carbocycles. The molecule has 0 saturated heterocycles. The van der Waals surface area contributed by atoms with Gasteiger partial charge >= 0.3 is 0 Å². The van der Waals surface area contributed by atoms with E-state index in [1.807, 2.05) is 36.4 Å². The Morgan fingerprint density at radius 2 is 1.74 bits per heavy atom. The lowest BCUT2D eigenvalue weighted by Crippen LogP contribution is -2.39. The summed E-state index contributed by atoms with van der Waals surface area (Å²) in [4.78, 5) is 27.9. The van der Waals surface area contributed by atoms with Crippen molar-refractivity contribution < 1.29 is 19.1 Å². The van der Waals surface area contributed by atoms with E-state index in [0.29, 0.717) is 27.8 Å². The van der Waals surface area contributed by atoms with Crippen LogP contribution >= 0.6 is 11.6 Å². The quantitative estimate of drug-likeness (QED) is 0.652. The lowest BCUT2D eigenvalue weighted by atomic mass is 9.95. The van der Waals surface area contributed by atoms with E-state index in [0.717, 1.165) is 11.1 Å². The number of carbonyl (C=O) groups is 2. The number of hydrogen-bond donors (Lipinski definition) is 1. The van der Waals surface area contributed by atoms with Crippen LogP contribution in [0.1, 0.15) is 27.5 Å². The Bertz CT molecular complexity index is 1130. The molecule has 0 unspecified atom stereocenters. The molecule has 4 rings (SSSR count). The van der Waals surface area contributed by atoms with Crippen LogP contribution in [0.5, 0.6) is 11.5 Å². The van der Waals surface area contributed by atoms with Crippen molar-refractivity contribution in [2.24, 2.45) is 0 Å². The fraction of sp³-hybridized carbons (Fsp3) is 0.167. The second-order valence-corrected chi connectivity index (χ2v) is 7.53. The highest BCUT2D eigenvalue weighted by Gasteiger charge is 2.34. The second-order valence-electron chi connectivity index (χ2n) is 7.10. The third-order valence-corrected chi connectivity index (χ3v) is 5.45. The summed E-state index contributed by atoms with van der Waals surface area (Å²) in [6.07, 6.45) is 0. The van der Waals surface area contributed by atoms with Crippen LogP contribution in [0.3, 0.4) is 0 Å². The molecular weight excluding hydrogens is 416 g/mol. The highest BCUT2D eigenvalue weighted by atomic mass is 35.5. The summed E-state index contributed by atoms with van der Waals surface area (Å²) in [6, 6.07) is 19.4. The van der Waals surface area contributed by atoms with Crippen LogP contribution in [0, 0.1) is 0 Å². The van der Waals surface area contributed by atoms with Gasteiger partial charge in [0, 0.05) is 21.8 Å². The lowest BCUT2D eigenvalue weighted by molar-refractivity contribution is -0.117. The minimum absolute atomic E-state index is 0.112. The fourth-order valence-corrected chi connectivity index (χ4v) is 3.97. The number of nitrogens with one attached hydrogen (secondary N) is 1. The first-order valence-electron chi connectivity index (χ1n) is 9.69. The van der Waals surface area contributed by atoms with Crippen molar-refractivity contribution in [1.29, 1.82) is 0 Å². The largest absolute Gasteiger partial charge is 0.493 e. The molecule has 0 aliphatic carbocycles. The van der Waals surface area contributed by atoms with E-state index in [1.54, 1.807) is 35.2 Å². The van der Waals surface area contributed by atoms with Gasteiger partial charge in [0.05, 0.1) is 20.3 Å². The molecule has 3 aromatic carbocycles. The highest BCUT2D eigenvalue weighted by Crippen LogP contribution is 2.38. The Kier molecular flexibility index (Phi) is 5.82. The van der Waals surface area contributed by atoms with Crippen molar-refractivity contribution in [3.63, 3.8) is 0 Å². The number of ether oxygens (including phenoxy) is 2. The van der Waals surface area contributed by atoms with E-state index < -0.39 is 6.04 Å². The first kappa shape index (κ1) is 20.8. The van der Waals surface area contributed by atoms with Crippen molar-refractivity contribution in [2.45, 2.75) is 6.04 Å². The predicted octanol–water partition coefficient (Wildman–Crippen LogP) is 4.54. The van der Waals surface area contributed by atoms with E-state index in [1.165, 1.54) is 14.2 Å². The van der Waals surface area contributed by atoms with Crippen LogP contribution in [0.15, 0.2) is 66.7 Å². The van der Waals surface area contributed by atoms with Crippen LogP contribution < -0.4 is 14.8 Å². The first-order valence-corrected chi connectivity index (χ1v) is 10.1. The number of halogens is 1. The van der Waals surface area contributed by atoms with Crippen molar-refractivity contribution in [3.05, 3.63) is 88.4 Å². The zero-order chi connectivity index (χ0) is 22.0. The number of amides is 2. The average molecular weight is 437 g/mol. The van der Waals surface area contributed by atoms with Crippen LogP contribution in [0.2, 0.25) is 5.02 Å². The first-order chi connectivity index (χ1) is 15.0. The van der Waals surface area contributed by atoms with E-state index in [9.17, 15) is 9.59 Å². The Morgan fingerprint density at radius 1 is 1.00 bits per heavy atom. The third kappa shape index (κ3) is 4.07. The summed E-state index contributed by atoms with van der Waals surface area (Å²) in [7, 11) is 3.05. The molecule has 0 aromatic heterocycles. The predicted molar refractivity (Wildman–Crippen MR) is 119 cm³/mol. The molecule has 0 spiro atoms. The average Bonchev–Trinajstić information content (AvgIpc) is 2.93. The molecule has 2 amide bonds. The maximum absolute atomic E-state index is 13.6. The summed E-state index contributed by atoms with van der Waals surface area (Å²) < 4.78 is 10.6. The number of fused-ring (bicyclic) bond motifs is 1. The van der Waals surface area contributed by atoms with Gasteiger partial charge in [-0.3, -0.25) is 9.59 Å². The molecule has 6 nitrogen and oxygen atoms in total. The van der Waals surface area contributed by atoms with Crippen molar-refractivity contribution in [1.82, 2.24) is 4.90 Å². The van der Waals surface area contributed by atoms with Gasteiger partial charge in [0.1, 0.15) is 6.54 Å². The maximum Gasteiger partial charge on any atom is 0.255 e. The van der Waals surface area contributed by atoms with Crippen molar-refractivity contribution >= 4 is 29.1 Å². The molecule has 3 aromatic rings. The van der Waals surface area contributed by atoms with Gasteiger partial charge in [0.2, 0.25) is 5.91 Å². The molecule has 0 bridgehead atoms. The molecule has 31 heavy (non-hydrogen) atoms. The number of nitrogens with zero attached hydrogens (tertiary/aromatic N) is 1. The lowest BCUT2D eigenvalue weighted by Gasteiger charge is -2.31. The Balaban J connectivity index is 1.85. The summed E-state index contributed by atoms with van der Waals surface area (Å²) in [6.45, 7) is -0.112. The number of carbonyl (C=O) groups excluding carboxylic acids is 2. The SMILES string of the molecule is COc1ccc(C(=O)N2CC(=O)Nc3cc(Cl)ccc3[C@H]2c2ccccc2)cc1OC. The highest BCUT2D eigenvalue weighted by molar-refractivity contribution is 6.31. The summed E-state index contributed by atoms with van der Waals surface area (Å²) >= 11 is 6.17. The van der Waals surface area contributed by atoms with Gasteiger partial charge in [-0.05, 0) is 35.9 Å². The van der Waals surface area contributed by atoms with E-state index >= 15 is 0 Å². The molecule has 1 N–H and O–H groups in total. The molecule has 158 valence electrons. The fourth-order valence-electron chi connectivity index (χ4n) is 3.80. The molecule has 0 radical (unpaired) electrons.